The van der Waals surface area contributed by atoms with Gasteiger partial charge in [-0.05, 0) is 41.7 Å². The Morgan fingerprint density at radius 2 is 2.20 bits per heavy atom. The summed E-state index contributed by atoms with van der Waals surface area (Å²) in [6.07, 6.45) is 2.73. The van der Waals surface area contributed by atoms with E-state index in [1.54, 1.807) is 23.3 Å². The molecular formula is C14H20N2O3S. The van der Waals surface area contributed by atoms with Crippen molar-refractivity contribution in [1.82, 2.24) is 9.80 Å². The summed E-state index contributed by atoms with van der Waals surface area (Å²) >= 11 is 1.63. The minimum Gasteiger partial charge on any atom is -0.481 e. The molecule has 110 valence electrons. The minimum atomic E-state index is -0.817. The fraction of sp³-hybridized carbons (Fsp3) is 0.571. The molecule has 1 aliphatic carbocycles. The van der Waals surface area contributed by atoms with E-state index in [0.29, 0.717) is 25.6 Å². The van der Waals surface area contributed by atoms with Gasteiger partial charge in [0.15, 0.2) is 0 Å². The molecular weight excluding hydrogens is 276 g/mol. The monoisotopic (exact) mass is 296 g/mol. The number of hydrogen-bond donors (Lipinski definition) is 1. The molecule has 2 amide bonds. The van der Waals surface area contributed by atoms with Crippen LogP contribution in [0.5, 0.6) is 0 Å². The predicted molar refractivity (Wildman–Crippen MR) is 77.8 cm³/mol. The zero-order valence-electron chi connectivity index (χ0n) is 11.6. The first kappa shape index (κ1) is 14.8. The SMILES string of the molecule is CN(CCCC(=O)O)C(=O)N(Cc1ccsc1)C1CC1. The fourth-order valence-corrected chi connectivity index (χ4v) is 2.76. The number of hydrogen-bond acceptors (Lipinski definition) is 3. The number of carbonyl (C=O) groups excluding carboxylic acids is 1. The second-order valence-electron chi connectivity index (χ2n) is 5.19. The molecule has 0 unspecified atom stereocenters. The van der Waals surface area contributed by atoms with Gasteiger partial charge in [-0.2, -0.15) is 11.3 Å². The molecule has 0 atom stereocenters. The van der Waals surface area contributed by atoms with E-state index in [0.717, 1.165) is 18.4 Å². The van der Waals surface area contributed by atoms with Crippen molar-refractivity contribution < 1.29 is 14.7 Å². The maximum absolute atomic E-state index is 12.4. The number of carboxylic acid groups (broad SMARTS) is 1. The Bertz CT molecular complexity index is 457. The number of carboxylic acids is 1. The largest absolute Gasteiger partial charge is 0.481 e. The number of nitrogens with zero attached hydrogens (tertiary/aromatic N) is 2. The van der Waals surface area contributed by atoms with E-state index in [1.165, 1.54) is 0 Å². The molecule has 0 aromatic carbocycles. The van der Waals surface area contributed by atoms with Gasteiger partial charge < -0.3 is 14.9 Å². The fourth-order valence-electron chi connectivity index (χ4n) is 2.10. The van der Waals surface area contributed by atoms with Crippen molar-refractivity contribution in [2.45, 2.75) is 38.3 Å². The zero-order valence-corrected chi connectivity index (χ0v) is 12.4. The average Bonchev–Trinajstić information content (AvgIpc) is 3.11. The highest BCUT2D eigenvalue weighted by molar-refractivity contribution is 7.07. The number of urea groups is 1. The van der Waals surface area contributed by atoms with E-state index in [2.05, 4.69) is 5.38 Å². The summed E-state index contributed by atoms with van der Waals surface area (Å²) in [4.78, 5) is 26.5. The van der Waals surface area contributed by atoms with Crippen molar-refractivity contribution in [3.05, 3.63) is 22.4 Å². The quantitative estimate of drug-likeness (QED) is 0.841. The average molecular weight is 296 g/mol. The van der Waals surface area contributed by atoms with Crippen molar-refractivity contribution in [3.8, 4) is 0 Å². The lowest BCUT2D eigenvalue weighted by molar-refractivity contribution is -0.137. The molecule has 2 rings (SSSR count). The molecule has 0 spiro atoms. The topological polar surface area (TPSA) is 60.9 Å². The van der Waals surface area contributed by atoms with Crippen LogP contribution in [-0.2, 0) is 11.3 Å². The number of thiophene rings is 1. The van der Waals surface area contributed by atoms with E-state index in [9.17, 15) is 9.59 Å². The van der Waals surface area contributed by atoms with E-state index in [-0.39, 0.29) is 12.5 Å². The van der Waals surface area contributed by atoms with Crippen molar-refractivity contribution in [1.29, 1.82) is 0 Å². The predicted octanol–water partition coefficient (Wildman–Crippen LogP) is 2.63. The molecule has 1 aliphatic rings. The van der Waals surface area contributed by atoms with E-state index < -0.39 is 5.97 Å². The van der Waals surface area contributed by atoms with Crippen LogP contribution in [0, 0.1) is 0 Å². The normalized spacial score (nSPS) is 14.1. The van der Waals surface area contributed by atoms with E-state index >= 15 is 0 Å². The number of aliphatic carboxylic acids is 1. The summed E-state index contributed by atoms with van der Waals surface area (Å²) in [6, 6.07) is 2.39. The third-order valence-corrected chi connectivity index (χ3v) is 4.11. The van der Waals surface area contributed by atoms with Crippen LogP contribution in [0.25, 0.3) is 0 Å². The van der Waals surface area contributed by atoms with Crippen LogP contribution >= 0.6 is 11.3 Å². The molecule has 1 N–H and O–H groups in total. The Morgan fingerprint density at radius 3 is 2.75 bits per heavy atom. The van der Waals surface area contributed by atoms with Crippen LogP contribution in [0.3, 0.4) is 0 Å². The molecule has 5 nitrogen and oxygen atoms in total. The number of rotatable bonds is 7. The first-order valence-corrected chi connectivity index (χ1v) is 7.77. The smallest absolute Gasteiger partial charge is 0.320 e. The lowest BCUT2D eigenvalue weighted by Crippen LogP contribution is -2.42. The first-order valence-electron chi connectivity index (χ1n) is 6.82. The molecule has 1 aromatic heterocycles. The van der Waals surface area contributed by atoms with Crippen LogP contribution in [0.2, 0.25) is 0 Å². The van der Waals surface area contributed by atoms with Crippen LogP contribution in [0.15, 0.2) is 16.8 Å². The zero-order chi connectivity index (χ0) is 14.5. The lowest BCUT2D eigenvalue weighted by atomic mass is 10.3. The summed E-state index contributed by atoms with van der Waals surface area (Å²) in [5, 5.41) is 12.7. The van der Waals surface area contributed by atoms with E-state index in [1.807, 2.05) is 16.3 Å². The highest BCUT2D eigenvalue weighted by Crippen LogP contribution is 2.29. The summed E-state index contributed by atoms with van der Waals surface area (Å²) in [5.74, 6) is -0.817. The molecule has 1 heterocycles. The molecule has 20 heavy (non-hydrogen) atoms. The molecule has 1 aromatic rings. The van der Waals surface area contributed by atoms with Gasteiger partial charge in [-0.25, -0.2) is 4.79 Å². The van der Waals surface area contributed by atoms with Crippen LogP contribution in [-0.4, -0.2) is 46.5 Å². The Kier molecular flexibility index (Phi) is 5.00. The van der Waals surface area contributed by atoms with Gasteiger partial charge in [0.2, 0.25) is 0 Å². The first-order chi connectivity index (χ1) is 9.58. The molecule has 6 heteroatoms. The van der Waals surface area contributed by atoms with Gasteiger partial charge in [-0.1, -0.05) is 0 Å². The summed E-state index contributed by atoms with van der Waals surface area (Å²) < 4.78 is 0. The lowest BCUT2D eigenvalue weighted by Gasteiger charge is -2.28. The third-order valence-electron chi connectivity index (χ3n) is 3.38. The highest BCUT2D eigenvalue weighted by atomic mass is 32.1. The maximum Gasteiger partial charge on any atom is 0.320 e. The standard InChI is InChI=1S/C14H20N2O3S/c1-15(7-2-3-13(17)18)14(19)16(12-4-5-12)9-11-6-8-20-10-11/h6,8,10,12H,2-5,7,9H2,1H3,(H,17,18). The second-order valence-corrected chi connectivity index (χ2v) is 5.97. The van der Waals surface area contributed by atoms with Crippen LogP contribution < -0.4 is 0 Å². The molecule has 1 fully saturated rings. The van der Waals surface area contributed by atoms with Gasteiger partial charge in [-0.15, -0.1) is 0 Å². The summed E-state index contributed by atoms with van der Waals surface area (Å²) in [5.41, 5.74) is 1.16. The summed E-state index contributed by atoms with van der Waals surface area (Å²) in [7, 11) is 1.74. The van der Waals surface area contributed by atoms with Gasteiger partial charge in [-0.3, -0.25) is 4.79 Å². The van der Waals surface area contributed by atoms with E-state index in [4.69, 9.17) is 5.11 Å². The Balaban J connectivity index is 1.87. The van der Waals surface area contributed by atoms with Crippen molar-refractivity contribution in [2.24, 2.45) is 0 Å². The molecule has 0 radical (unpaired) electrons. The van der Waals surface area contributed by atoms with Gasteiger partial charge in [0.25, 0.3) is 0 Å². The van der Waals surface area contributed by atoms with Gasteiger partial charge >= 0.3 is 12.0 Å². The number of amides is 2. The van der Waals surface area contributed by atoms with Crippen molar-refractivity contribution >= 4 is 23.3 Å². The van der Waals surface area contributed by atoms with Crippen molar-refractivity contribution in [2.75, 3.05) is 13.6 Å². The van der Waals surface area contributed by atoms with Gasteiger partial charge in [0.1, 0.15) is 0 Å². The third kappa shape index (κ3) is 4.23. The molecule has 0 saturated heterocycles. The van der Waals surface area contributed by atoms with Gasteiger partial charge in [0, 0.05) is 32.6 Å². The Morgan fingerprint density at radius 1 is 1.45 bits per heavy atom. The van der Waals surface area contributed by atoms with Crippen LogP contribution in [0.4, 0.5) is 4.79 Å². The minimum absolute atomic E-state index is 0.00379. The second kappa shape index (κ2) is 6.74. The van der Waals surface area contributed by atoms with Crippen LogP contribution in [0.1, 0.15) is 31.2 Å². The highest BCUT2D eigenvalue weighted by Gasteiger charge is 2.34. The number of carbonyl (C=O) groups is 2. The Labute approximate surface area is 122 Å². The Hall–Kier alpha value is -1.56. The van der Waals surface area contributed by atoms with Crippen molar-refractivity contribution in [3.63, 3.8) is 0 Å². The summed E-state index contributed by atoms with van der Waals surface area (Å²) in [6.45, 7) is 1.13. The molecule has 1 saturated carbocycles. The maximum atomic E-state index is 12.4. The molecule has 0 aliphatic heterocycles. The van der Waals surface area contributed by atoms with Gasteiger partial charge in [0.05, 0.1) is 0 Å². The molecule has 0 bridgehead atoms.